The largest absolute Gasteiger partial charge is 0.292 e. The topological polar surface area (TPSA) is 144 Å². The van der Waals surface area contributed by atoms with E-state index in [4.69, 9.17) is 5.84 Å². The van der Waals surface area contributed by atoms with E-state index in [0.717, 1.165) is 18.6 Å². The number of nitrogens with one attached hydrogen (secondary N) is 2. The minimum Gasteiger partial charge on any atom is -0.292 e. The Balaban J connectivity index is 2.86. The van der Waals surface area contributed by atoms with Gasteiger partial charge in [-0.2, -0.15) is 0 Å². The number of sulfone groups is 1. The highest BCUT2D eigenvalue weighted by atomic mass is 32.2. The van der Waals surface area contributed by atoms with E-state index in [1.165, 1.54) is 6.92 Å². The van der Waals surface area contributed by atoms with Crippen LogP contribution in [0.25, 0.3) is 0 Å². The van der Waals surface area contributed by atoms with Gasteiger partial charge in [0.15, 0.2) is 0 Å². The van der Waals surface area contributed by atoms with Crippen LogP contribution in [0.15, 0.2) is 17.3 Å². The van der Waals surface area contributed by atoms with Crippen molar-refractivity contribution < 1.29 is 16.8 Å². The maximum Gasteiger partial charge on any atom is 0.243 e. The Kier molecular flexibility index (Phi) is 4.79. The number of rotatable bonds is 6. The van der Waals surface area contributed by atoms with Crippen molar-refractivity contribution in [3.8, 4) is 0 Å². The number of hydrogen-bond donors (Lipinski definition) is 3. The van der Waals surface area contributed by atoms with Gasteiger partial charge in [-0.05, 0) is 6.92 Å². The van der Waals surface area contributed by atoms with Gasteiger partial charge in [-0.3, -0.25) is 5.43 Å². The summed E-state index contributed by atoms with van der Waals surface area (Å²) in [7, 11) is -7.14. The van der Waals surface area contributed by atoms with E-state index in [-0.39, 0.29) is 16.6 Å². The van der Waals surface area contributed by atoms with Gasteiger partial charge >= 0.3 is 0 Å². The van der Waals surface area contributed by atoms with Crippen LogP contribution in [0.1, 0.15) is 6.92 Å². The number of sulfonamides is 1. The summed E-state index contributed by atoms with van der Waals surface area (Å²) in [6, 6.07) is -0.757. The van der Waals surface area contributed by atoms with Crippen molar-refractivity contribution in [2.24, 2.45) is 5.84 Å². The lowest BCUT2D eigenvalue weighted by atomic mass is 10.4. The SMILES string of the molecule is CC(CS(C)(=O)=O)NS(=O)(=O)c1cnc(NN)nc1. The molecule has 9 nitrogen and oxygen atoms in total. The lowest BCUT2D eigenvalue weighted by Gasteiger charge is -2.12. The van der Waals surface area contributed by atoms with Gasteiger partial charge in [0.05, 0.1) is 18.1 Å². The third-order valence-electron chi connectivity index (χ3n) is 1.98. The predicted molar refractivity (Wildman–Crippen MR) is 69.3 cm³/mol. The smallest absolute Gasteiger partial charge is 0.243 e. The van der Waals surface area contributed by atoms with E-state index in [9.17, 15) is 16.8 Å². The third kappa shape index (κ3) is 5.06. The molecule has 0 bridgehead atoms. The van der Waals surface area contributed by atoms with Crippen LogP contribution in [-0.2, 0) is 19.9 Å². The zero-order valence-corrected chi connectivity index (χ0v) is 12.0. The van der Waals surface area contributed by atoms with Gasteiger partial charge in [-0.25, -0.2) is 37.4 Å². The number of nitrogens with zero attached hydrogens (tertiary/aromatic N) is 2. The van der Waals surface area contributed by atoms with Gasteiger partial charge in [0.25, 0.3) is 0 Å². The predicted octanol–water partition coefficient (Wildman–Crippen LogP) is -1.53. The maximum atomic E-state index is 11.9. The summed E-state index contributed by atoms with van der Waals surface area (Å²) in [6.45, 7) is 1.45. The monoisotopic (exact) mass is 309 g/mol. The molecule has 0 aliphatic rings. The number of nitrogens with two attached hydrogens (primary N) is 1. The first kappa shape index (κ1) is 15.8. The molecule has 11 heteroatoms. The van der Waals surface area contributed by atoms with Gasteiger partial charge < -0.3 is 0 Å². The Morgan fingerprint density at radius 2 is 1.79 bits per heavy atom. The number of hydrazine groups is 1. The minimum absolute atomic E-state index is 0.0723. The van der Waals surface area contributed by atoms with E-state index in [1.807, 2.05) is 0 Å². The molecule has 1 heterocycles. The molecule has 0 amide bonds. The Labute approximate surface area is 111 Å². The van der Waals surface area contributed by atoms with Crippen LogP contribution in [0, 0.1) is 0 Å². The fourth-order valence-corrected chi connectivity index (χ4v) is 3.58. The highest BCUT2D eigenvalue weighted by molar-refractivity contribution is 7.91. The van der Waals surface area contributed by atoms with E-state index < -0.39 is 25.9 Å². The zero-order valence-electron chi connectivity index (χ0n) is 10.4. The van der Waals surface area contributed by atoms with Crippen LogP contribution >= 0.6 is 0 Å². The highest BCUT2D eigenvalue weighted by Gasteiger charge is 2.20. The average Bonchev–Trinajstić information content (AvgIpc) is 2.25. The Hall–Kier alpha value is -1.30. The zero-order chi connectivity index (χ0) is 14.7. The number of nitrogen functional groups attached to an aromatic ring is 1. The molecular formula is C8H15N5O4S2. The molecule has 1 aromatic rings. The molecule has 0 fully saturated rings. The van der Waals surface area contributed by atoms with Crippen molar-refractivity contribution in [1.82, 2.24) is 14.7 Å². The van der Waals surface area contributed by atoms with Crippen LogP contribution < -0.4 is 16.0 Å². The lowest BCUT2D eigenvalue weighted by molar-refractivity contribution is 0.564. The number of aromatic nitrogens is 2. The molecule has 0 aliphatic heterocycles. The lowest BCUT2D eigenvalue weighted by Crippen LogP contribution is -2.37. The molecule has 0 aliphatic carbocycles. The molecule has 0 spiro atoms. The van der Waals surface area contributed by atoms with E-state index in [2.05, 4.69) is 20.1 Å². The summed E-state index contributed by atoms with van der Waals surface area (Å²) < 4.78 is 48.1. The first-order chi connectivity index (χ1) is 8.64. The molecule has 0 radical (unpaired) electrons. The molecule has 4 N–H and O–H groups in total. The van der Waals surface area contributed by atoms with Gasteiger partial charge in [-0.15, -0.1) is 0 Å². The summed E-state index contributed by atoms with van der Waals surface area (Å²) in [5.41, 5.74) is 2.16. The van der Waals surface area contributed by atoms with Gasteiger partial charge in [0.1, 0.15) is 14.7 Å². The summed E-state index contributed by atoms with van der Waals surface area (Å²) in [4.78, 5) is 7.15. The average molecular weight is 309 g/mol. The van der Waals surface area contributed by atoms with Crippen molar-refractivity contribution in [3.05, 3.63) is 12.4 Å². The molecule has 108 valence electrons. The molecule has 1 unspecified atom stereocenters. The molecule has 0 aromatic carbocycles. The van der Waals surface area contributed by atoms with Crippen molar-refractivity contribution in [1.29, 1.82) is 0 Å². The highest BCUT2D eigenvalue weighted by Crippen LogP contribution is 2.08. The van der Waals surface area contributed by atoms with Crippen molar-refractivity contribution >= 4 is 25.8 Å². The quantitative estimate of drug-likeness (QED) is 0.424. The summed E-state index contributed by atoms with van der Waals surface area (Å²) in [6.07, 6.45) is 3.16. The van der Waals surface area contributed by atoms with Crippen LogP contribution in [0.3, 0.4) is 0 Å². The fourth-order valence-electron chi connectivity index (χ4n) is 1.35. The van der Waals surface area contributed by atoms with Gasteiger partial charge in [-0.1, -0.05) is 0 Å². The second-order valence-corrected chi connectivity index (χ2v) is 7.90. The summed E-state index contributed by atoms with van der Waals surface area (Å²) in [5.74, 6) is 4.83. The first-order valence-corrected chi connectivity index (χ1v) is 8.67. The maximum absolute atomic E-state index is 11.9. The minimum atomic E-state index is -3.86. The number of hydrogen-bond acceptors (Lipinski definition) is 8. The standard InChI is InChI=1S/C8H15N5O4S2/c1-6(5-18(2,14)15)13-19(16,17)7-3-10-8(12-9)11-4-7/h3-4,6,13H,5,9H2,1-2H3,(H,10,11,12). The molecule has 1 aromatic heterocycles. The molecule has 1 atom stereocenters. The van der Waals surface area contributed by atoms with Crippen molar-refractivity contribution in [3.63, 3.8) is 0 Å². The second kappa shape index (κ2) is 5.77. The first-order valence-electron chi connectivity index (χ1n) is 5.13. The normalized spacial score (nSPS) is 14.1. The second-order valence-electron chi connectivity index (χ2n) is 4.00. The van der Waals surface area contributed by atoms with E-state index in [1.54, 1.807) is 0 Å². The van der Waals surface area contributed by atoms with Crippen LogP contribution in [0.2, 0.25) is 0 Å². The Morgan fingerprint density at radius 1 is 1.26 bits per heavy atom. The van der Waals surface area contributed by atoms with Crippen molar-refractivity contribution in [2.45, 2.75) is 17.9 Å². The molecule has 0 saturated heterocycles. The molecule has 1 rings (SSSR count). The van der Waals surface area contributed by atoms with E-state index in [0.29, 0.717) is 0 Å². The Morgan fingerprint density at radius 3 is 2.21 bits per heavy atom. The summed E-state index contributed by atoms with van der Waals surface area (Å²) >= 11 is 0. The van der Waals surface area contributed by atoms with Gasteiger partial charge in [0.2, 0.25) is 16.0 Å². The van der Waals surface area contributed by atoms with E-state index >= 15 is 0 Å². The molecular weight excluding hydrogens is 294 g/mol. The van der Waals surface area contributed by atoms with Gasteiger partial charge in [0, 0.05) is 12.3 Å². The fraction of sp³-hybridized carbons (Fsp3) is 0.500. The van der Waals surface area contributed by atoms with Crippen LogP contribution in [-0.4, -0.2) is 44.9 Å². The Bertz CT molecular complexity index is 626. The van der Waals surface area contributed by atoms with Crippen LogP contribution in [0.4, 0.5) is 5.95 Å². The van der Waals surface area contributed by atoms with Crippen molar-refractivity contribution in [2.75, 3.05) is 17.4 Å². The molecule has 0 saturated carbocycles. The van der Waals surface area contributed by atoms with Crippen LogP contribution in [0.5, 0.6) is 0 Å². The third-order valence-corrected chi connectivity index (χ3v) is 4.63. The number of anilines is 1. The molecule has 19 heavy (non-hydrogen) atoms. The summed E-state index contributed by atoms with van der Waals surface area (Å²) in [5, 5.41) is 0.